The van der Waals surface area contributed by atoms with E-state index in [1.54, 1.807) is 0 Å². The van der Waals surface area contributed by atoms with E-state index in [-0.39, 0.29) is 6.04 Å². The first-order valence-electron chi connectivity index (χ1n) is 7.43. The monoisotopic (exact) mass is 298 g/mol. The van der Waals surface area contributed by atoms with Crippen molar-refractivity contribution in [1.82, 2.24) is 10.3 Å². The van der Waals surface area contributed by atoms with Gasteiger partial charge in [0.1, 0.15) is 11.6 Å². The maximum Gasteiger partial charge on any atom is 0.131 e. The number of aromatic amines is 1. The van der Waals surface area contributed by atoms with E-state index >= 15 is 0 Å². The van der Waals surface area contributed by atoms with Gasteiger partial charge in [0.05, 0.1) is 6.04 Å². The average Bonchev–Trinajstić information content (AvgIpc) is 2.85. The van der Waals surface area contributed by atoms with Crippen LogP contribution in [0.4, 0.5) is 8.78 Å². The summed E-state index contributed by atoms with van der Waals surface area (Å²) < 4.78 is 27.3. The SMILES string of the molecule is Cc1ccc2[nH]c3c(c2c1)CCN[C@@H]3c1ccc(F)cc1F. The molecule has 0 aliphatic carbocycles. The molecule has 1 aromatic heterocycles. The summed E-state index contributed by atoms with van der Waals surface area (Å²) in [6, 6.07) is 9.78. The van der Waals surface area contributed by atoms with Crippen molar-refractivity contribution in [3.63, 3.8) is 0 Å². The number of benzene rings is 2. The minimum absolute atomic E-state index is 0.267. The Labute approximate surface area is 127 Å². The molecule has 0 saturated carbocycles. The summed E-state index contributed by atoms with van der Waals surface area (Å²) >= 11 is 0. The number of H-pyrrole nitrogens is 1. The van der Waals surface area contributed by atoms with Gasteiger partial charge in [-0.2, -0.15) is 0 Å². The molecular weight excluding hydrogens is 282 g/mol. The van der Waals surface area contributed by atoms with E-state index in [1.165, 1.54) is 28.6 Å². The molecule has 0 unspecified atom stereocenters. The molecule has 1 aliphatic rings. The average molecular weight is 298 g/mol. The van der Waals surface area contributed by atoms with Gasteiger partial charge in [0.25, 0.3) is 0 Å². The molecule has 112 valence electrons. The van der Waals surface area contributed by atoms with Crippen LogP contribution in [0.15, 0.2) is 36.4 Å². The minimum Gasteiger partial charge on any atom is -0.357 e. The van der Waals surface area contributed by atoms with E-state index < -0.39 is 11.6 Å². The second kappa shape index (κ2) is 4.92. The number of halogens is 2. The summed E-state index contributed by atoms with van der Waals surface area (Å²) in [4.78, 5) is 3.41. The predicted molar refractivity (Wildman–Crippen MR) is 82.9 cm³/mol. The van der Waals surface area contributed by atoms with Gasteiger partial charge in [-0.05, 0) is 37.1 Å². The Hall–Kier alpha value is -2.20. The van der Waals surface area contributed by atoms with E-state index in [4.69, 9.17) is 0 Å². The highest BCUT2D eigenvalue weighted by Crippen LogP contribution is 2.34. The Kier molecular flexibility index (Phi) is 3.01. The second-order valence-electron chi connectivity index (χ2n) is 5.87. The lowest BCUT2D eigenvalue weighted by Gasteiger charge is -2.25. The summed E-state index contributed by atoms with van der Waals surface area (Å²) in [6.07, 6.45) is 0.901. The summed E-state index contributed by atoms with van der Waals surface area (Å²) in [6.45, 7) is 2.84. The normalized spacial score (nSPS) is 17.7. The maximum atomic E-state index is 14.2. The number of hydrogen-bond acceptors (Lipinski definition) is 1. The summed E-state index contributed by atoms with van der Waals surface area (Å²) in [5.41, 5.74) is 4.96. The lowest BCUT2D eigenvalue weighted by molar-refractivity contribution is 0.514. The van der Waals surface area contributed by atoms with Crippen molar-refractivity contribution in [2.24, 2.45) is 0 Å². The van der Waals surface area contributed by atoms with Gasteiger partial charge in [-0.1, -0.05) is 17.7 Å². The highest BCUT2D eigenvalue weighted by atomic mass is 19.1. The van der Waals surface area contributed by atoms with Gasteiger partial charge in [0.2, 0.25) is 0 Å². The van der Waals surface area contributed by atoms with Crippen LogP contribution < -0.4 is 5.32 Å². The zero-order valence-electron chi connectivity index (χ0n) is 12.2. The molecule has 2 N–H and O–H groups in total. The standard InChI is InChI=1S/C18H16F2N2/c1-10-2-5-16-14(8-10)12-6-7-21-17(18(12)22-16)13-4-3-11(19)9-15(13)20/h2-5,8-9,17,21-22H,6-7H2,1H3/t17-/m1/s1. The Morgan fingerprint density at radius 2 is 1.95 bits per heavy atom. The lowest BCUT2D eigenvalue weighted by atomic mass is 9.94. The Morgan fingerprint density at radius 3 is 2.77 bits per heavy atom. The number of aromatic nitrogens is 1. The maximum absolute atomic E-state index is 14.2. The van der Waals surface area contributed by atoms with Crippen molar-refractivity contribution >= 4 is 10.9 Å². The van der Waals surface area contributed by atoms with Gasteiger partial charge < -0.3 is 10.3 Å². The van der Waals surface area contributed by atoms with Crippen LogP contribution in [-0.4, -0.2) is 11.5 Å². The van der Waals surface area contributed by atoms with Gasteiger partial charge in [0, 0.05) is 34.8 Å². The van der Waals surface area contributed by atoms with Gasteiger partial charge in [-0.25, -0.2) is 8.78 Å². The number of rotatable bonds is 1. The van der Waals surface area contributed by atoms with Gasteiger partial charge in [0.15, 0.2) is 0 Å². The van der Waals surface area contributed by atoms with Crippen LogP contribution in [0.25, 0.3) is 10.9 Å². The number of nitrogens with one attached hydrogen (secondary N) is 2. The van der Waals surface area contributed by atoms with E-state index in [1.807, 2.05) is 0 Å². The topological polar surface area (TPSA) is 27.8 Å². The smallest absolute Gasteiger partial charge is 0.131 e. The van der Waals surface area contributed by atoms with E-state index in [9.17, 15) is 8.78 Å². The minimum atomic E-state index is -0.551. The first kappa shape index (κ1) is 13.5. The van der Waals surface area contributed by atoms with Crippen molar-refractivity contribution in [2.75, 3.05) is 6.54 Å². The fraction of sp³-hybridized carbons (Fsp3) is 0.222. The van der Waals surface area contributed by atoms with Crippen molar-refractivity contribution in [3.8, 4) is 0 Å². The van der Waals surface area contributed by atoms with Crippen LogP contribution in [0, 0.1) is 18.6 Å². The molecule has 0 amide bonds. The third-order valence-corrected chi connectivity index (χ3v) is 4.38. The van der Waals surface area contributed by atoms with Crippen LogP contribution in [0.3, 0.4) is 0 Å². The summed E-state index contributed by atoms with van der Waals surface area (Å²) in [7, 11) is 0. The molecule has 0 spiro atoms. The van der Waals surface area contributed by atoms with Crippen LogP contribution in [0.2, 0.25) is 0 Å². The highest BCUT2D eigenvalue weighted by molar-refractivity contribution is 5.86. The van der Waals surface area contributed by atoms with E-state index in [2.05, 4.69) is 35.4 Å². The Bertz CT molecular complexity index is 867. The molecule has 0 saturated heterocycles. The molecule has 4 rings (SSSR count). The fourth-order valence-electron chi connectivity index (χ4n) is 3.34. The van der Waals surface area contributed by atoms with Gasteiger partial charge in [-0.3, -0.25) is 0 Å². The first-order chi connectivity index (χ1) is 10.6. The third-order valence-electron chi connectivity index (χ3n) is 4.38. The fourth-order valence-corrected chi connectivity index (χ4v) is 3.34. The Morgan fingerprint density at radius 1 is 1.09 bits per heavy atom. The zero-order chi connectivity index (χ0) is 15.3. The van der Waals surface area contributed by atoms with Gasteiger partial charge in [-0.15, -0.1) is 0 Å². The molecule has 0 radical (unpaired) electrons. The van der Waals surface area contributed by atoms with Crippen LogP contribution in [-0.2, 0) is 6.42 Å². The zero-order valence-corrected chi connectivity index (χ0v) is 12.2. The molecule has 3 aromatic rings. The molecular formula is C18H16F2N2. The largest absolute Gasteiger partial charge is 0.357 e. The summed E-state index contributed by atoms with van der Waals surface area (Å²) in [5, 5.41) is 4.53. The number of hydrogen-bond donors (Lipinski definition) is 2. The van der Waals surface area contributed by atoms with E-state index in [0.29, 0.717) is 5.56 Å². The number of aryl methyl sites for hydroxylation is 1. The molecule has 2 heterocycles. The molecule has 22 heavy (non-hydrogen) atoms. The Balaban J connectivity index is 1.90. The quantitative estimate of drug-likeness (QED) is 0.698. The van der Waals surface area contributed by atoms with Gasteiger partial charge >= 0.3 is 0 Å². The highest BCUT2D eigenvalue weighted by Gasteiger charge is 2.27. The molecule has 0 fully saturated rings. The predicted octanol–water partition coefficient (Wildman–Crippen LogP) is 3.99. The third kappa shape index (κ3) is 2.03. The molecule has 4 heteroatoms. The molecule has 1 aliphatic heterocycles. The summed E-state index contributed by atoms with van der Waals surface area (Å²) in [5.74, 6) is -1.07. The molecule has 0 bridgehead atoms. The molecule has 2 nitrogen and oxygen atoms in total. The van der Waals surface area contributed by atoms with Crippen LogP contribution in [0.1, 0.15) is 28.4 Å². The van der Waals surface area contributed by atoms with Crippen LogP contribution in [0.5, 0.6) is 0 Å². The van der Waals surface area contributed by atoms with Crippen LogP contribution >= 0.6 is 0 Å². The molecule has 1 atom stereocenters. The van der Waals surface area contributed by atoms with Crippen molar-refractivity contribution < 1.29 is 8.78 Å². The second-order valence-corrected chi connectivity index (χ2v) is 5.87. The van der Waals surface area contributed by atoms with Crippen molar-refractivity contribution in [1.29, 1.82) is 0 Å². The molecule has 2 aromatic carbocycles. The first-order valence-corrected chi connectivity index (χ1v) is 7.43. The lowest BCUT2D eigenvalue weighted by Crippen LogP contribution is -2.31. The van der Waals surface area contributed by atoms with E-state index in [0.717, 1.165) is 30.2 Å². The van der Waals surface area contributed by atoms with Crippen molar-refractivity contribution in [2.45, 2.75) is 19.4 Å². The number of fused-ring (bicyclic) bond motifs is 3. The van der Waals surface area contributed by atoms with Crippen molar-refractivity contribution in [3.05, 3.63) is 70.4 Å².